The molecule has 2 N–H and O–H groups in total. The summed E-state index contributed by atoms with van der Waals surface area (Å²) in [6.45, 7) is 0.832. The van der Waals surface area contributed by atoms with Crippen LogP contribution in [-0.2, 0) is 4.74 Å². The van der Waals surface area contributed by atoms with E-state index >= 15 is 0 Å². The SMILES string of the molecule is OC1CCC2=C(O1)c1ccccc1NC2. The maximum atomic E-state index is 9.50. The third kappa shape index (κ3) is 1.39. The Morgan fingerprint density at radius 1 is 1.33 bits per heavy atom. The minimum atomic E-state index is -0.644. The lowest BCUT2D eigenvalue weighted by atomic mass is 9.97. The van der Waals surface area contributed by atoms with E-state index in [0.29, 0.717) is 6.42 Å². The van der Waals surface area contributed by atoms with E-state index in [1.165, 1.54) is 5.57 Å². The van der Waals surface area contributed by atoms with Gasteiger partial charge in [-0.25, -0.2) is 0 Å². The first-order valence-electron chi connectivity index (χ1n) is 5.24. The summed E-state index contributed by atoms with van der Waals surface area (Å²) < 4.78 is 5.51. The molecule has 3 heteroatoms. The number of ether oxygens (including phenoxy) is 1. The van der Waals surface area contributed by atoms with Crippen molar-refractivity contribution in [2.45, 2.75) is 19.1 Å². The van der Waals surface area contributed by atoms with Gasteiger partial charge in [0.1, 0.15) is 5.76 Å². The molecule has 0 spiro atoms. The lowest BCUT2D eigenvalue weighted by Crippen LogP contribution is -2.24. The van der Waals surface area contributed by atoms with Gasteiger partial charge in [0.15, 0.2) is 6.29 Å². The molecular weight excluding hydrogens is 190 g/mol. The fourth-order valence-corrected chi connectivity index (χ4v) is 2.15. The third-order valence-corrected chi connectivity index (χ3v) is 2.93. The normalized spacial score (nSPS) is 23.7. The summed E-state index contributed by atoms with van der Waals surface area (Å²) in [5.74, 6) is 0.878. The number of anilines is 1. The molecule has 2 aliphatic rings. The molecule has 0 saturated carbocycles. The van der Waals surface area contributed by atoms with Gasteiger partial charge in [0, 0.05) is 24.2 Å². The van der Waals surface area contributed by atoms with E-state index in [1.54, 1.807) is 0 Å². The lowest BCUT2D eigenvalue weighted by Gasteiger charge is -2.30. The number of fused-ring (bicyclic) bond motifs is 2. The van der Waals surface area contributed by atoms with Crippen LogP contribution in [0.2, 0.25) is 0 Å². The number of hydrogen-bond donors (Lipinski definition) is 2. The zero-order valence-electron chi connectivity index (χ0n) is 8.36. The summed E-state index contributed by atoms with van der Waals surface area (Å²) in [6, 6.07) is 8.04. The average molecular weight is 203 g/mol. The molecule has 1 aromatic rings. The van der Waals surface area contributed by atoms with Crippen LogP contribution in [0.3, 0.4) is 0 Å². The second-order valence-corrected chi connectivity index (χ2v) is 3.94. The highest BCUT2D eigenvalue weighted by Crippen LogP contribution is 2.37. The number of hydrogen-bond acceptors (Lipinski definition) is 3. The van der Waals surface area contributed by atoms with Crippen LogP contribution in [-0.4, -0.2) is 17.9 Å². The van der Waals surface area contributed by atoms with Crippen molar-refractivity contribution in [2.24, 2.45) is 0 Å². The van der Waals surface area contributed by atoms with Crippen molar-refractivity contribution in [2.75, 3.05) is 11.9 Å². The number of rotatable bonds is 0. The van der Waals surface area contributed by atoms with Gasteiger partial charge in [-0.15, -0.1) is 0 Å². The van der Waals surface area contributed by atoms with Crippen molar-refractivity contribution in [1.29, 1.82) is 0 Å². The van der Waals surface area contributed by atoms with Gasteiger partial charge >= 0.3 is 0 Å². The van der Waals surface area contributed by atoms with Gasteiger partial charge in [-0.2, -0.15) is 0 Å². The lowest BCUT2D eigenvalue weighted by molar-refractivity contribution is -0.0514. The largest absolute Gasteiger partial charge is 0.464 e. The van der Waals surface area contributed by atoms with Crippen LogP contribution >= 0.6 is 0 Å². The zero-order valence-corrected chi connectivity index (χ0v) is 8.36. The molecule has 1 atom stereocenters. The predicted molar refractivity (Wildman–Crippen MR) is 58.2 cm³/mol. The molecule has 0 aromatic heterocycles. The molecule has 3 rings (SSSR count). The van der Waals surface area contributed by atoms with Crippen LogP contribution < -0.4 is 5.32 Å². The highest BCUT2D eigenvalue weighted by atomic mass is 16.6. The summed E-state index contributed by atoms with van der Waals surface area (Å²) in [6.07, 6.45) is 0.968. The highest BCUT2D eigenvalue weighted by molar-refractivity contribution is 5.78. The van der Waals surface area contributed by atoms with E-state index in [0.717, 1.165) is 30.0 Å². The second kappa shape index (κ2) is 3.28. The molecule has 0 fully saturated rings. The Morgan fingerprint density at radius 2 is 2.20 bits per heavy atom. The first kappa shape index (κ1) is 8.80. The fourth-order valence-electron chi connectivity index (χ4n) is 2.15. The Kier molecular flexibility index (Phi) is 1.92. The maximum Gasteiger partial charge on any atom is 0.197 e. The molecule has 0 amide bonds. The molecule has 0 bridgehead atoms. The van der Waals surface area contributed by atoms with E-state index in [9.17, 15) is 5.11 Å². The highest BCUT2D eigenvalue weighted by Gasteiger charge is 2.25. The quantitative estimate of drug-likeness (QED) is 0.677. The molecule has 0 aliphatic carbocycles. The van der Waals surface area contributed by atoms with E-state index in [-0.39, 0.29) is 0 Å². The van der Waals surface area contributed by atoms with Gasteiger partial charge in [-0.3, -0.25) is 0 Å². The summed E-state index contributed by atoms with van der Waals surface area (Å²) in [5, 5.41) is 12.9. The minimum Gasteiger partial charge on any atom is -0.464 e. The van der Waals surface area contributed by atoms with E-state index < -0.39 is 6.29 Å². The van der Waals surface area contributed by atoms with Crippen molar-refractivity contribution in [3.8, 4) is 0 Å². The van der Waals surface area contributed by atoms with Crippen LogP contribution in [0.15, 0.2) is 29.8 Å². The first-order valence-corrected chi connectivity index (χ1v) is 5.24. The van der Waals surface area contributed by atoms with Crippen LogP contribution in [0.4, 0.5) is 5.69 Å². The summed E-state index contributed by atoms with van der Waals surface area (Å²) in [4.78, 5) is 0. The smallest absolute Gasteiger partial charge is 0.197 e. The predicted octanol–water partition coefficient (Wildman–Crippen LogP) is 1.95. The Bertz CT molecular complexity index is 425. The van der Waals surface area contributed by atoms with Crippen molar-refractivity contribution in [3.05, 3.63) is 35.4 Å². The molecule has 1 aromatic carbocycles. The molecule has 2 heterocycles. The van der Waals surface area contributed by atoms with Crippen molar-refractivity contribution in [3.63, 3.8) is 0 Å². The monoisotopic (exact) mass is 203 g/mol. The summed E-state index contributed by atoms with van der Waals surface area (Å²) in [7, 11) is 0. The molecular formula is C12H13NO2. The van der Waals surface area contributed by atoms with Crippen LogP contribution in [0.1, 0.15) is 18.4 Å². The molecule has 0 radical (unpaired) electrons. The molecule has 1 unspecified atom stereocenters. The van der Waals surface area contributed by atoms with Crippen LogP contribution in [0.25, 0.3) is 5.76 Å². The van der Waals surface area contributed by atoms with E-state index in [1.807, 2.05) is 24.3 Å². The molecule has 78 valence electrons. The van der Waals surface area contributed by atoms with Crippen LogP contribution in [0, 0.1) is 0 Å². The summed E-state index contributed by atoms with van der Waals surface area (Å²) in [5.41, 5.74) is 3.42. The zero-order chi connectivity index (χ0) is 10.3. The number of aliphatic hydroxyl groups is 1. The third-order valence-electron chi connectivity index (χ3n) is 2.93. The number of benzene rings is 1. The van der Waals surface area contributed by atoms with Gasteiger partial charge in [0.2, 0.25) is 0 Å². The minimum absolute atomic E-state index is 0.644. The molecule has 0 saturated heterocycles. The van der Waals surface area contributed by atoms with Crippen molar-refractivity contribution in [1.82, 2.24) is 0 Å². The Hall–Kier alpha value is -1.48. The number of aliphatic hydroxyl groups excluding tert-OH is 1. The number of nitrogens with one attached hydrogen (secondary N) is 1. The van der Waals surface area contributed by atoms with Gasteiger partial charge in [0.25, 0.3) is 0 Å². The molecule has 3 nitrogen and oxygen atoms in total. The first-order chi connectivity index (χ1) is 7.34. The van der Waals surface area contributed by atoms with Gasteiger partial charge < -0.3 is 15.2 Å². The van der Waals surface area contributed by atoms with Crippen molar-refractivity contribution >= 4 is 11.4 Å². The van der Waals surface area contributed by atoms with E-state index in [2.05, 4.69) is 5.32 Å². The Balaban J connectivity index is 2.09. The van der Waals surface area contributed by atoms with E-state index in [4.69, 9.17) is 4.74 Å². The Labute approximate surface area is 88.4 Å². The number of para-hydroxylation sites is 1. The standard InChI is InChI=1S/C12H13NO2/c14-11-6-5-8-7-13-10-4-2-1-3-9(10)12(8)15-11/h1-4,11,13-14H,5-7H2. The van der Waals surface area contributed by atoms with Gasteiger partial charge in [0.05, 0.1) is 0 Å². The Morgan fingerprint density at radius 3 is 3.13 bits per heavy atom. The van der Waals surface area contributed by atoms with Gasteiger partial charge in [-0.05, 0) is 24.1 Å². The van der Waals surface area contributed by atoms with Crippen LogP contribution in [0.5, 0.6) is 0 Å². The topological polar surface area (TPSA) is 41.5 Å². The molecule has 2 aliphatic heterocycles. The fraction of sp³-hybridized carbons (Fsp3) is 0.333. The molecule has 15 heavy (non-hydrogen) atoms. The van der Waals surface area contributed by atoms with Crippen molar-refractivity contribution < 1.29 is 9.84 Å². The second-order valence-electron chi connectivity index (χ2n) is 3.94. The maximum absolute atomic E-state index is 9.50. The average Bonchev–Trinajstić information content (AvgIpc) is 2.29. The summed E-state index contributed by atoms with van der Waals surface area (Å²) >= 11 is 0. The van der Waals surface area contributed by atoms with Gasteiger partial charge in [-0.1, -0.05) is 12.1 Å².